The van der Waals surface area contributed by atoms with Crippen LogP contribution in [0.2, 0.25) is 0 Å². The zero-order valence-corrected chi connectivity index (χ0v) is 14.7. The summed E-state index contributed by atoms with van der Waals surface area (Å²) >= 11 is 0. The lowest BCUT2D eigenvalue weighted by molar-refractivity contribution is -0.241. The summed E-state index contributed by atoms with van der Waals surface area (Å²) in [5, 5.41) is 4.64. The number of nitrogens with one attached hydrogen (secondary N) is 1. The molecule has 3 atom stereocenters. The third-order valence-electron chi connectivity index (χ3n) is 5.65. The quantitative estimate of drug-likeness (QED) is 0.797. The minimum atomic E-state index is -0.496. The van der Waals surface area contributed by atoms with Gasteiger partial charge in [0.15, 0.2) is 0 Å². The van der Waals surface area contributed by atoms with Crippen LogP contribution < -0.4 is 5.32 Å². The van der Waals surface area contributed by atoms with Crippen LogP contribution in [0.3, 0.4) is 0 Å². The standard InChI is InChI=1S/C17H27N3O4/c1-17(2,3)23-16(22)19-9-10-8-13(19)14(10)18-15(21)20-11-4-6-12(24-20)7-5-11/h10-14H,4-9H2,1-3H3,(H,18,21). The molecule has 0 spiro atoms. The van der Waals surface area contributed by atoms with Crippen LogP contribution in [0.4, 0.5) is 9.59 Å². The highest BCUT2D eigenvalue weighted by Gasteiger charge is 2.56. The van der Waals surface area contributed by atoms with Crippen LogP contribution in [-0.2, 0) is 9.57 Å². The van der Waals surface area contributed by atoms with E-state index < -0.39 is 5.60 Å². The molecule has 2 saturated carbocycles. The predicted octanol–water partition coefficient (Wildman–Crippen LogP) is 2.26. The maximum Gasteiger partial charge on any atom is 0.410 e. The maximum absolute atomic E-state index is 12.6. The van der Waals surface area contributed by atoms with Gasteiger partial charge in [0.1, 0.15) is 5.60 Å². The lowest BCUT2D eigenvalue weighted by Gasteiger charge is -2.45. The van der Waals surface area contributed by atoms with Crippen molar-refractivity contribution in [1.82, 2.24) is 15.3 Å². The number of amides is 3. The minimum Gasteiger partial charge on any atom is -0.444 e. The summed E-state index contributed by atoms with van der Waals surface area (Å²) in [7, 11) is 0. The van der Waals surface area contributed by atoms with Gasteiger partial charge in [-0.15, -0.1) is 0 Å². The normalized spacial score (nSPS) is 37.2. The molecule has 1 N–H and O–H groups in total. The number of ether oxygens (including phenoxy) is 1. The number of hydrogen-bond donors (Lipinski definition) is 1. The van der Waals surface area contributed by atoms with Crippen LogP contribution in [0.25, 0.3) is 0 Å². The van der Waals surface area contributed by atoms with Crippen molar-refractivity contribution in [2.24, 2.45) is 5.92 Å². The fourth-order valence-electron chi connectivity index (χ4n) is 4.42. The van der Waals surface area contributed by atoms with E-state index in [1.54, 1.807) is 9.96 Å². The first-order valence-electron chi connectivity index (χ1n) is 9.08. The molecular weight excluding hydrogens is 310 g/mol. The zero-order chi connectivity index (χ0) is 17.1. The van der Waals surface area contributed by atoms with E-state index >= 15 is 0 Å². The molecule has 4 bridgehead atoms. The van der Waals surface area contributed by atoms with Gasteiger partial charge in [-0.25, -0.2) is 9.59 Å². The predicted molar refractivity (Wildman–Crippen MR) is 86.1 cm³/mol. The second kappa shape index (κ2) is 5.51. The maximum atomic E-state index is 12.6. The lowest BCUT2D eigenvalue weighted by atomic mass is 9.80. The molecule has 6 aliphatic rings. The van der Waals surface area contributed by atoms with Crippen LogP contribution in [0.1, 0.15) is 52.9 Å². The van der Waals surface area contributed by atoms with Gasteiger partial charge < -0.3 is 15.0 Å². The van der Waals surface area contributed by atoms with E-state index in [0.717, 1.165) is 32.1 Å². The smallest absolute Gasteiger partial charge is 0.410 e. The van der Waals surface area contributed by atoms with Gasteiger partial charge in [0, 0.05) is 12.5 Å². The van der Waals surface area contributed by atoms with Gasteiger partial charge in [-0.2, -0.15) is 5.06 Å². The summed E-state index contributed by atoms with van der Waals surface area (Å²) in [4.78, 5) is 32.4. The molecule has 0 radical (unpaired) electrons. The fraction of sp³-hybridized carbons (Fsp3) is 0.882. The van der Waals surface area contributed by atoms with E-state index in [4.69, 9.17) is 9.57 Å². The first-order valence-corrected chi connectivity index (χ1v) is 9.08. The molecule has 3 amide bonds. The molecule has 7 heteroatoms. The number of urea groups is 1. The van der Waals surface area contributed by atoms with Crippen molar-refractivity contribution in [2.45, 2.75) is 82.7 Å². The third kappa shape index (κ3) is 2.72. The largest absolute Gasteiger partial charge is 0.444 e. The molecule has 4 aliphatic heterocycles. The SMILES string of the molecule is CC(C)(C)OC(=O)N1CC2CC1C2NC(=O)N1OC2CCC1CC2. The number of carbonyl (C=O) groups is 2. The number of rotatable bonds is 1. The first kappa shape index (κ1) is 16.0. The van der Waals surface area contributed by atoms with E-state index in [0.29, 0.717) is 12.5 Å². The molecule has 6 rings (SSSR count). The van der Waals surface area contributed by atoms with Gasteiger partial charge in [-0.1, -0.05) is 0 Å². The highest BCUT2D eigenvalue weighted by Crippen LogP contribution is 2.42. The Kier molecular flexibility index (Phi) is 3.67. The molecule has 2 aliphatic carbocycles. The Morgan fingerprint density at radius 2 is 1.88 bits per heavy atom. The van der Waals surface area contributed by atoms with Crippen LogP contribution in [0.5, 0.6) is 0 Å². The van der Waals surface area contributed by atoms with Gasteiger partial charge in [0.25, 0.3) is 0 Å². The molecule has 7 nitrogen and oxygen atoms in total. The van der Waals surface area contributed by atoms with Gasteiger partial charge in [-0.05, 0) is 52.9 Å². The number of nitrogens with zero attached hydrogens (tertiary/aromatic N) is 2. The van der Waals surface area contributed by atoms with Gasteiger partial charge in [0.2, 0.25) is 0 Å². The van der Waals surface area contributed by atoms with Crippen molar-refractivity contribution in [2.75, 3.05) is 6.54 Å². The van der Waals surface area contributed by atoms with Crippen molar-refractivity contribution < 1.29 is 19.2 Å². The minimum absolute atomic E-state index is 0.0223. The zero-order valence-electron chi connectivity index (χ0n) is 14.7. The van der Waals surface area contributed by atoms with Crippen molar-refractivity contribution >= 4 is 12.1 Å². The van der Waals surface area contributed by atoms with Crippen LogP contribution >= 0.6 is 0 Å². The molecule has 134 valence electrons. The van der Waals surface area contributed by atoms with E-state index in [9.17, 15) is 9.59 Å². The second-order valence-corrected chi connectivity index (χ2v) is 8.53. The number of carbonyl (C=O) groups excluding carboxylic acids is 2. The fourth-order valence-corrected chi connectivity index (χ4v) is 4.42. The summed E-state index contributed by atoms with van der Waals surface area (Å²) < 4.78 is 5.47. The Morgan fingerprint density at radius 3 is 2.46 bits per heavy atom. The van der Waals surface area contributed by atoms with Gasteiger partial charge in [0.05, 0.1) is 24.2 Å². The van der Waals surface area contributed by atoms with Crippen molar-refractivity contribution in [3.63, 3.8) is 0 Å². The summed E-state index contributed by atoms with van der Waals surface area (Å²) in [5.74, 6) is 0.327. The molecule has 24 heavy (non-hydrogen) atoms. The number of hydrogen-bond acceptors (Lipinski definition) is 4. The average molecular weight is 337 g/mol. The van der Waals surface area contributed by atoms with E-state index in [-0.39, 0.29) is 36.4 Å². The molecule has 0 aromatic carbocycles. The molecular formula is C17H27N3O4. The summed E-state index contributed by atoms with van der Waals surface area (Å²) in [6.45, 7) is 6.27. The monoisotopic (exact) mass is 337 g/mol. The molecule has 3 unspecified atom stereocenters. The van der Waals surface area contributed by atoms with Crippen molar-refractivity contribution in [3.8, 4) is 0 Å². The topological polar surface area (TPSA) is 71.1 Å². The first-order chi connectivity index (χ1) is 11.3. The Morgan fingerprint density at radius 1 is 1.17 bits per heavy atom. The summed E-state index contributed by atoms with van der Waals surface area (Å²) in [6, 6.07) is 0.134. The van der Waals surface area contributed by atoms with Gasteiger partial charge in [-0.3, -0.25) is 4.84 Å². The van der Waals surface area contributed by atoms with Crippen LogP contribution in [-0.4, -0.2) is 58.5 Å². The molecule has 0 aromatic rings. The van der Waals surface area contributed by atoms with E-state index in [1.807, 2.05) is 20.8 Å². The Hall–Kier alpha value is -1.50. The highest BCUT2D eigenvalue weighted by molar-refractivity contribution is 5.75. The van der Waals surface area contributed by atoms with E-state index in [2.05, 4.69) is 5.32 Å². The molecule has 0 aromatic heterocycles. The van der Waals surface area contributed by atoms with Gasteiger partial charge >= 0.3 is 12.1 Å². The average Bonchev–Trinajstić information content (AvgIpc) is 3.11. The van der Waals surface area contributed by atoms with Crippen molar-refractivity contribution in [1.29, 1.82) is 0 Å². The number of hydroxylamine groups is 2. The van der Waals surface area contributed by atoms with Crippen LogP contribution in [0, 0.1) is 5.92 Å². The Labute approximate surface area is 142 Å². The Bertz CT molecular complexity index is 538. The number of fused-ring (bicyclic) bond motifs is 4. The van der Waals surface area contributed by atoms with Crippen molar-refractivity contribution in [3.05, 3.63) is 0 Å². The second-order valence-electron chi connectivity index (χ2n) is 8.53. The highest BCUT2D eigenvalue weighted by atomic mass is 16.7. The van der Waals surface area contributed by atoms with E-state index in [1.165, 1.54) is 0 Å². The summed E-state index contributed by atoms with van der Waals surface area (Å²) in [6.07, 6.45) is 5.01. The summed E-state index contributed by atoms with van der Waals surface area (Å²) in [5.41, 5.74) is -0.496. The molecule has 6 fully saturated rings. The van der Waals surface area contributed by atoms with Crippen LogP contribution in [0.15, 0.2) is 0 Å². The third-order valence-corrected chi connectivity index (χ3v) is 5.65. The molecule has 4 saturated heterocycles. The Balaban J connectivity index is 1.34. The lowest BCUT2D eigenvalue weighted by Crippen LogP contribution is -2.61. The molecule has 4 heterocycles.